The number of ether oxygens (including phenoxy) is 5. The van der Waals surface area contributed by atoms with E-state index in [9.17, 15) is 34.8 Å². The van der Waals surface area contributed by atoms with Gasteiger partial charge in [-0.25, -0.2) is 0 Å². The largest absolute Gasteiger partial charge is 0.507 e. The summed E-state index contributed by atoms with van der Waals surface area (Å²) in [7, 11) is 0. The molecule has 0 unspecified atom stereocenters. The van der Waals surface area contributed by atoms with E-state index in [1.807, 2.05) is 24.3 Å². The average molecular weight is 1570 g/mol. The van der Waals surface area contributed by atoms with E-state index in [0.29, 0.717) is 69.7 Å². The molecule has 0 aromatic heterocycles. The Balaban J connectivity index is 0.000000749. The zero-order chi connectivity index (χ0) is 85.6. The van der Waals surface area contributed by atoms with Gasteiger partial charge in [-0.05, 0) is 183 Å². The predicted molar refractivity (Wildman–Crippen MR) is 471 cm³/mol. The van der Waals surface area contributed by atoms with Crippen LogP contribution in [0.25, 0.3) is 0 Å². The van der Waals surface area contributed by atoms with Crippen LogP contribution in [0.4, 0.5) is 0 Å². The average Bonchev–Trinajstić information content (AvgIpc) is 0.797. The topological polar surface area (TPSA) is 190 Å². The molecule has 4 aromatic carbocycles. The normalized spacial score (nSPS) is 14.7. The van der Waals surface area contributed by atoms with Gasteiger partial charge in [0.1, 0.15) is 42.3 Å². The maximum atomic E-state index is 14.1. The summed E-state index contributed by atoms with van der Waals surface area (Å²) in [5.41, 5.74) is 7.47. The van der Waals surface area contributed by atoms with E-state index >= 15 is 0 Å². The lowest BCUT2D eigenvalue weighted by Gasteiger charge is -2.45. The fourth-order valence-corrected chi connectivity index (χ4v) is 15.8. The first-order valence-electron chi connectivity index (χ1n) is 43.8. The molecular formula is C100H165NO12. The van der Waals surface area contributed by atoms with E-state index in [2.05, 4.69) is 230 Å². The number of piperidine rings is 1. The Labute approximate surface area is 689 Å². The van der Waals surface area contributed by atoms with Crippen LogP contribution in [0, 0.1) is 5.41 Å². The minimum atomic E-state index is -1.10. The van der Waals surface area contributed by atoms with Crippen molar-refractivity contribution in [3.63, 3.8) is 0 Å². The van der Waals surface area contributed by atoms with Crippen molar-refractivity contribution >= 4 is 17.9 Å². The van der Waals surface area contributed by atoms with Gasteiger partial charge in [-0.1, -0.05) is 312 Å². The van der Waals surface area contributed by atoms with Crippen LogP contribution in [0.3, 0.4) is 0 Å². The van der Waals surface area contributed by atoms with Crippen molar-refractivity contribution in [1.29, 1.82) is 0 Å². The molecule has 1 saturated heterocycles. The van der Waals surface area contributed by atoms with Crippen LogP contribution in [-0.4, -0.2) is 95.2 Å². The first-order valence-corrected chi connectivity index (χ1v) is 43.8. The van der Waals surface area contributed by atoms with Gasteiger partial charge in [0.15, 0.2) is 0 Å². The second-order valence-electron chi connectivity index (χ2n) is 43.4. The second-order valence-corrected chi connectivity index (χ2v) is 43.4. The molecule has 1 aliphatic heterocycles. The zero-order valence-corrected chi connectivity index (χ0v) is 77.4. The summed E-state index contributed by atoms with van der Waals surface area (Å²) in [6.07, 6.45) is 26.3. The highest BCUT2D eigenvalue weighted by Crippen LogP contribution is 2.45. The number of carbonyl (C=O) groups is 3. The number of phenols is 4. The number of unbranched alkanes of at least 4 members (excludes halogenated alkanes) is 14. The third-order valence-corrected chi connectivity index (χ3v) is 22.2. The molecule has 13 heteroatoms. The first kappa shape index (κ1) is 99.7. The fraction of sp³-hybridized carbons (Fsp3) is 0.730. The van der Waals surface area contributed by atoms with Crippen LogP contribution in [-0.2, 0) is 107 Å². The monoisotopic (exact) mass is 1570 g/mol. The maximum absolute atomic E-state index is 14.1. The smallest absolute Gasteiger partial charge is 0.306 e. The summed E-state index contributed by atoms with van der Waals surface area (Å²) in [6, 6.07) is 16.4. The quantitative estimate of drug-likeness (QED) is 0.0161. The molecule has 5 rings (SSSR count). The summed E-state index contributed by atoms with van der Waals surface area (Å²) < 4.78 is 31.5. The fourth-order valence-electron chi connectivity index (χ4n) is 15.8. The van der Waals surface area contributed by atoms with E-state index in [-0.39, 0.29) is 117 Å². The summed E-state index contributed by atoms with van der Waals surface area (Å²) >= 11 is 0. The van der Waals surface area contributed by atoms with Gasteiger partial charge in [0.05, 0.1) is 18.6 Å². The number of hydrogen-bond acceptors (Lipinski definition) is 13. The predicted octanol–water partition coefficient (Wildman–Crippen LogP) is 24.9. The van der Waals surface area contributed by atoms with E-state index in [0.717, 1.165) is 92.4 Å². The van der Waals surface area contributed by atoms with Gasteiger partial charge in [0.2, 0.25) is 0 Å². The van der Waals surface area contributed by atoms with Crippen LogP contribution in [0.2, 0.25) is 0 Å². The second kappa shape index (κ2) is 42.7. The van der Waals surface area contributed by atoms with Crippen LogP contribution in [0.1, 0.15) is 409 Å². The summed E-state index contributed by atoms with van der Waals surface area (Å²) in [4.78, 5) is 40.4. The van der Waals surface area contributed by atoms with Gasteiger partial charge in [-0.3, -0.25) is 14.4 Å². The van der Waals surface area contributed by atoms with Crippen molar-refractivity contribution < 1.29 is 58.5 Å². The van der Waals surface area contributed by atoms with Crippen molar-refractivity contribution in [2.24, 2.45) is 5.41 Å². The van der Waals surface area contributed by atoms with E-state index in [1.165, 1.54) is 83.5 Å². The Morgan fingerprint density at radius 3 is 0.823 bits per heavy atom. The van der Waals surface area contributed by atoms with Crippen LogP contribution in [0.5, 0.6) is 23.0 Å². The molecule has 1 aliphatic rings. The van der Waals surface area contributed by atoms with E-state index < -0.39 is 17.4 Å². The van der Waals surface area contributed by atoms with Crippen LogP contribution < -0.4 is 5.32 Å². The maximum Gasteiger partial charge on any atom is 0.306 e. The van der Waals surface area contributed by atoms with Gasteiger partial charge in [-0.2, -0.15) is 0 Å². The van der Waals surface area contributed by atoms with Crippen LogP contribution >= 0.6 is 0 Å². The molecular weight excluding hydrogens is 1410 g/mol. The van der Waals surface area contributed by atoms with E-state index in [4.69, 9.17) is 23.7 Å². The molecule has 642 valence electrons. The third kappa shape index (κ3) is 34.5. The highest BCUT2D eigenvalue weighted by Gasteiger charge is 2.41. The Bertz CT molecular complexity index is 3260. The van der Waals surface area contributed by atoms with E-state index in [1.54, 1.807) is 0 Å². The molecule has 113 heavy (non-hydrogen) atoms. The SMILES string of the molecule is CC(C)(C)c1cc(CCCOCC(COCCCc2cc(C(C)(C)C)c(O)c(C(C)(C)C)c2)(COC(=O)CCc2cc(C(C)(C)C)c(O)c(C(C)(C)C)c2)COC(=O)CCc2cc(C(C)(C)C)c(O)c(C(C)(C)C)c2)cc(C(C)(C)C)c1O.CCCCCCCCCCCCCCCCCC(=O)OC1CC(C)(C)NC(C)(C)C1. The third-order valence-electron chi connectivity index (χ3n) is 22.2. The van der Waals surface area contributed by atoms with Crippen molar-refractivity contribution in [2.45, 2.75) is 428 Å². The molecule has 1 heterocycles. The minimum Gasteiger partial charge on any atom is -0.507 e. The number of hydrogen-bond donors (Lipinski definition) is 5. The molecule has 0 atom stereocenters. The molecule has 5 N–H and O–H groups in total. The van der Waals surface area contributed by atoms with Gasteiger partial charge in [0.25, 0.3) is 0 Å². The Morgan fingerprint density at radius 2 is 0.575 bits per heavy atom. The number of nitrogens with one attached hydrogen (secondary N) is 1. The number of aryl methyl sites for hydroxylation is 4. The van der Waals surface area contributed by atoms with Crippen molar-refractivity contribution in [3.05, 3.63) is 115 Å². The summed E-state index contributed by atoms with van der Waals surface area (Å²) in [5.74, 6) is 0.396. The Kier molecular flexibility index (Phi) is 37.7. The zero-order valence-electron chi connectivity index (χ0n) is 77.4. The van der Waals surface area contributed by atoms with Gasteiger partial charge >= 0.3 is 17.9 Å². The molecule has 4 aromatic rings. The number of benzene rings is 4. The molecule has 0 saturated carbocycles. The van der Waals surface area contributed by atoms with Gasteiger partial charge in [-0.15, -0.1) is 0 Å². The van der Waals surface area contributed by atoms with Gasteiger partial charge < -0.3 is 49.4 Å². The highest BCUT2D eigenvalue weighted by atomic mass is 16.6. The minimum absolute atomic E-state index is 0.00296. The lowest BCUT2D eigenvalue weighted by molar-refractivity contribution is -0.163. The van der Waals surface area contributed by atoms with Crippen molar-refractivity contribution in [2.75, 3.05) is 39.6 Å². The first-order chi connectivity index (χ1) is 51.9. The standard InChI is InChI=1S/C73H112O10.C27H53NO2/c1-65(2,3)51-35-47(36-52(61(51)76)66(4,5)6)27-25-33-80-43-73(44-81-34-26-28-48-37-53(67(7,8)9)62(77)54(38-48)68(10,11)12,45-82-59(74)31-29-49-39-55(69(13,14)15)63(78)56(40-49)70(16,17)18)46-83-60(75)32-30-50-41-57(71(19,20)21)64(79)58(42-50)72(22,23)24;1-6-7-8-9-10-11-12-13-14-15-16-17-18-19-20-21-25(29)30-24-22-26(2,3)28-27(4,5)23-24/h35-42,76-79H,25-34,43-46H2,1-24H3;24,28H,6-23H2,1-5H3. The van der Waals surface area contributed by atoms with Crippen LogP contribution in [0.15, 0.2) is 48.5 Å². The number of rotatable bonds is 39. The molecule has 0 amide bonds. The lowest BCUT2D eigenvalue weighted by Crippen LogP contribution is -2.59. The molecule has 13 nitrogen and oxygen atoms in total. The Morgan fingerprint density at radius 1 is 0.336 bits per heavy atom. The molecule has 0 aliphatic carbocycles. The summed E-state index contributed by atoms with van der Waals surface area (Å²) in [6.45, 7) is 61.8. The lowest BCUT2D eigenvalue weighted by atomic mass is 9.78. The highest BCUT2D eigenvalue weighted by molar-refractivity contribution is 5.71. The van der Waals surface area contributed by atoms with Crippen molar-refractivity contribution in [3.8, 4) is 23.0 Å². The van der Waals surface area contributed by atoms with Gasteiger partial charge in [0, 0.05) is 56.4 Å². The molecule has 0 radical (unpaired) electrons. The Hall–Kier alpha value is -5.63. The number of phenolic OH excluding ortho intramolecular Hbond substituents is 4. The molecule has 1 fully saturated rings. The summed E-state index contributed by atoms with van der Waals surface area (Å²) in [5, 5.41) is 49.4. The molecule has 0 spiro atoms. The number of aromatic hydroxyl groups is 4. The molecule has 0 bridgehead atoms. The number of esters is 3. The van der Waals surface area contributed by atoms with Crippen molar-refractivity contribution in [1.82, 2.24) is 5.32 Å². The number of carbonyl (C=O) groups excluding carboxylic acids is 3.